The number of fused-ring (bicyclic) bond motifs is 1. The first-order valence-electron chi connectivity index (χ1n) is 10.4. The van der Waals surface area contributed by atoms with Gasteiger partial charge in [-0.2, -0.15) is 35.8 Å². The van der Waals surface area contributed by atoms with E-state index < -0.39 is 29.8 Å². The molecule has 2 N–H and O–H groups in total. The van der Waals surface area contributed by atoms with Crippen LogP contribution in [0.5, 0.6) is 0 Å². The molecule has 0 saturated heterocycles. The Balaban J connectivity index is 1.83. The Morgan fingerprint density at radius 2 is 1.66 bits per heavy atom. The predicted molar refractivity (Wildman–Crippen MR) is 111 cm³/mol. The number of carbonyl (C=O) groups excluding carboxylic acids is 2. The molecule has 0 spiro atoms. The second kappa shape index (κ2) is 9.34. The number of hydrogen-bond acceptors (Lipinski definition) is 4. The summed E-state index contributed by atoms with van der Waals surface area (Å²) in [5.41, 5.74) is 2.97. The van der Waals surface area contributed by atoms with Crippen molar-refractivity contribution in [1.82, 2.24) is 5.43 Å². The van der Waals surface area contributed by atoms with Gasteiger partial charge in [-0.05, 0) is 43.9 Å². The van der Waals surface area contributed by atoms with E-state index in [0.29, 0.717) is 18.5 Å². The molecule has 0 bridgehead atoms. The van der Waals surface area contributed by atoms with Gasteiger partial charge in [0.1, 0.15) is 5.76 Å². The number of aryl methyl sites for hydroxylation is 2. The maximum Gasteiger partial charge on any atom is 0.460 e. The van der Waals surface area contributed by atoms with Gasteiger partial charge in [0.15, 0.2) is 5.76 Å². The van der Waals surface area contributed by atoms with E-state index in [-0.39, 0.29) is 34.8 Å². The lowest BCUT2D eigenvalue weighted by molar-refractivity contribution is -0.344. The van der Waals surface area contributed by atoms with E-state index in [1.807, 2.05) is 19.1 Å². The molecule has 3 rings (SSSR count). The highest BCUT2D eigenvalue weighted by molar-refractivity contribution is 6.09. The van der Waals surface area contributed by atoms with Crippen molar-refractivity contribution in [1.29, 1.82) is 0 Å². The Morgan fingerprint density at radius 1 is 1.03 bits per heavy atom. The number of halogens is 7. The van der Waals surface area contributed by atoms with Crippen LogP contribution in [-0.4, -0.2) is 35.5 Å². The molecule has 13 heteroatoms. The number of carbonyl (C=O) groups is 2. The fraction of sp³-hybridized carbons (Fsp3) is 0.409. The number of nitrogens with one attached hydrogen (secondary N) is 2. The van der Waals surface area contributed by atoms with Gasteiger partial charge in [0.2, 0.25) is 0 Å². The molecule has 35 heavy (non-hydrogen) atoms. The van der Waals surface area contributed by atoms with E-state index in [1.165, 1.54) is 6.92 Å². The number of rotatable bonds is 6. The first-order valence-corrected chi connectivity index (χ1v) is 10.4. The second-order valence-corrected chi connectivity index (χ2v) is 7.86. The summed E-state index contributed by atoms with van der Waals surface area (Å²) in [6, 6.07) is 7.02. The third-order valence-electron chi connectivity index (χ3n) is 5.48. The lowest BCUT2D eigenvalue weighted by Gasteiger charge is -2.26. The fourth-order valence-electron chi connectivity index (χ4n) is 3.52. The monoisotopic (exact) mass is 507 g/mol. The van der Waals surface area contributed by atoms with Crippen LogP contribution in [0.2, 0.25) is 0 Å². The van der Waals surface area contributed by atoms with Crippen molar-refractivity contribution in [2.24, 2.45) is 5.10 Å². The zero-order valence-electron chi connectivity index (χ0n) is 18.5. The molecule has 2 amide bonds. The van der Waals surface area contributed by atoms with Crippen molar-refractivity contribution < 1.29 is 44.7 Å². The van der Waals surface area contributed by atoms with Gasteiger partial charge in [-0.1, -0.05) is 19.1 Å². The van der Waals surface area contributed by atoms with Crippen LogP contribution in [0.4, 0.5) is 36.4 Å². The molecule has 2 aromatic rings. The molecular formula is C22H20F7N3O3. The van der Waals surface area contributed by atoms with E-state index in [0.717, 1.165) is 17.4 Å². The van der Waals surface area contributed by atoms with Crippen molar-refractivity contribution in [3.8, 4) is 0 Å². The normalized spacial score (nSPS) is 15.6. The van der Waals surface area contributed by atoms with Crippen LogP contribution in [0.15, 0.2) is 33.8 Å². The van der Waals surface area contributed by atoms with Crippen molar-refractivity contribution >= 4 is 23.2 Å². The summed E-state index contributed by atoms with van der Waals surface area (Å²) in [5.74, 6) is -16.1. The number of nitrogens with zero attached hydrogens (tertiary/aromatic N) is 1. The SMILES string of the molecule is CCc1ccc(NC(=O)c2oc3c(c2C)/C(=N/NC(=O)C(F)(F)C(F)(F)C(F)(F)F)CCC3)cc1. The molecule has 0 saturated carbocycles. The minimum atomic E-state index is -6.65. The molecule has 1 aliphatic carbocycles. The molecule has 1 aliphatic rings. The van der Waals surface area contributed by atoms with Crippen LogP contribution in [0, 0.1) is 6.92 Å². The number of benzene rings is 1. The zero-order chi connectivity index (χ0) is 26.2. The number of hydrogen-bond donors (Lipinski definition) is 2. The first-order chi connectivity index (χ1) is 16.2. The molecule has 190 valence electrons. The van der Waals surface area contributed by atoms with Gasteiger partial charge >= 0.3 is 23.9 Å². The summed E-state index contributed by atoms with van der Waals surface area (Å²) in [4.78, 5) is 24.2. The third kappa shape index (κ3) is 4.89. The van der Waals surface area contributed by atoms with Crippen LogP contribution in [-0.2, 0) is 17.6 Å². The molecule has 1 aromatic heterocycles. The molecule has 0 atom stereocenters. The Morgan fingerprint density at radius 3 is 2.23 bits per heavy atom. The van der Waals surface area contributed by atoms with Gasteiger partial charge in [-0.25, -0.2) is 5.43 Å². The Kier molecular flexibility index (Phi) is 7.00. The lowest BCUT2D eigenvalue weighted by atomic mass is 9.93. The third-order valence-corrected chi connectivity index (χ3v) is 5.48. The van der Waals surface area contributed by atoms with Gasteiger partial charge in [-0.3, -0.25) is 9.59 Å². The average molecular weight is 507 g/mol. The molecular weight excluding hydrogens is 487 g/mol. The molecule has 1 aromatic carbocycles. The number of hydrazone groups is 1. The highest BCUT2D eigenvalue weighted by atomic mass is 19.4. The summed E-state index contributed by atoms with van der Waals surface area (Å²) < 4.78 is 95.8. The molecule has 0 aliphatic heterocycles. The Hall–Kier alpha value is -3.38. The quantitative estimate of drug-likeness (QED) is 0.406. The molecule has 0 radical (unpaired) electrons. The van der Waals surface area contributed by atoms with Crippen LogP contribution < -0.4 is 10.7 Å². The van der Waals surface area contributed by atoms with E-state index in [4.69, 9.17) is 4.42 Å². The van der Waals surface area contributed by atoms with Gasteiger partial charge in [0.05, 0.1) is 5.71 Å². The lowest BCUT2D eigenvalue weighted by Crippen LogP contribution is -2.58. The van der Waals surface area contributed by atoms with Gasteiger partial charge in [0.25, 0.3) is 5.91 Å². The summed E-state index contributed by atoms with van der Waals surface area (Å²) in [6.07, 6.45) is -5.13. The zero-order valence-corrected chi connectivity index (χ0v) is 18.5. The number of anilines is 1. The van der Waals surface area contributed by atoms with Gasteiger partial charge in [0, 0.05) is 23.2 Å². The summed E-state index contributed by atoms with van der Waals surface area (Å²) in [6.45, 7) is 3.43. The van der Waals surface area contributed by atoms with Crippen LogP contribution in [0.3, 0.4) is 0 Å². The van der Waals surface area contributed by atoms with Crippen molar-refractivity contribution in [2.45, 2.75) is 57.6 Å². The van der Waals surface area contributed by atoms with Crippen LogP contribution in [0.1, 0.15) is 52.8 Å². The first kappa shape index (κ1) is 26.2. The molecule has 0 unspecified atom stereocenters. The maximum absolute atomic E-state index is 13.6. The van der Waals surface area contributed by atoms with Gasteiger partial charge < -0.3 is 9.73 Å². The summed E-state index contributed by atoms with van der Waals surface area (Å²) in [5, 5.41) is 6.01. The van der Waals surface area contributed by atoms with Crippen molar-refractivity contribution in [3.63, 3.8) is 0 Å². The van der Waals surface area contributed by atoms with E-state index in [1.54, 1.807) is 12.1 Å². The smallest absolute Gasteiger partial charge is 0.455 e. The Labute approximate surface area is 194 Å². The molecule has 6 nitrogen and oxygen atoms in total. The van der Waals surface area contributed by atoms with Crippen molar-refractivity contribution in [2.75, 3.05) is 5.32 Å². The number of amides is 2. The van der Waals surface area contributed by atoms with E-state index >= 15 is 0 Å². The van der Waals surface area contributed by atoms with Crippen LogP contribution in [0.25, 0.3) is 0 Å². The van der Waals surface area contributed by atoms with E-state index in [2.05, 4.69) is 10.4 Å². The average Bonchev–Trinajstić information content (AvgIpc) is 3.14. The van der Waals surface area contributed by atoms with E-state index in [9.17, 15) is 40.3 Å². The predicted octanol–water partition coefficient (Wildman–Crippen LogP) is 5.39. The maximum atomic E-state index is 13.6. The van der Waals surface area contributed by atoms with Crippen molar-refractivity contribution in [3.05, 3.63) is 52.5 Å². The molecule has 1 heterocycles. The largest absolute Gasteiger partial charge is 0.460 e. The topological polar surface area (TPSA) is 83.7 Å². The molecule has 0 fully saturated rings. The minimum absolute atomic E-state index is 0.0639. The number of alkyl halides is 7. The van der Waals surface area contributed by atoms with Gasteiger partial charge in [-0.15, -0.1) is 0 Å². The van der Waals surface area contributed by atoms with Crippen LogP contribution >= 0.6 is 0 Å². The summed E-state index contributed by atoms with van der Waals surface area (Å²) in [7, 11) is 0. The number of furan rings is 1. The minimum Gasteiger partial charge on any atom is -0.455 e. The highest BCUT2D eigenvalue weighted by Crippen LogP contribution is 2.46. The standard InChI is InChI=1S/C22H20F7N3O3/c1-3-12-7-9-13(10-8-12)30-18(33)17-11(2)16-14(5-4-6-15(16)35-17)31-32-19(34)20(23,24)21(25,26)22(27,28)29/h7-10H,3-6H2,1-2H3,(H,30,33)(H,32,34)/b31-14+. The Bertz CT molecular complexity index is 1150. The second-order valence-electron chi connectivity index (χ2n) is 7.86. The fourth-order valence-corrected chi connectivity index (χ4v) is 3.52. The summed E-state index contributed by atoms with van der Waals surface area (Å²) >= 11 is 0. The highest BCUT2D eigenvalue weighted by Gasteiger charge is 2.76.